The molecule has 34 heavy (non-hydrogen) atoms. The van der Waals surface area contributed by atoms with Crippen molar-refractivity contribution in [3.05, 3.63) is 51.9 Å². The molecule has 0 radical (unpaired) electrons. The molecule has 2 N–H and O–H groups in total. The first-order valence-corrected chi connectivity index (χ1v) is 13.3. The third-order valence-electron chi connectivity index (χ3n) is 5.84. The maximum absolute atomic E-state index is 13.3. The number of hydrogen-bond acceptors (Lipinski definition) is 6. The largest absolute Gasteiger partial charge is 0.588 e. The lowest BCUT2D eigenvalue weighted by atomic mass is 10.1. The van der Waals surface area contributed by atoms with Gasteiger partial charge in [0.25, 0.3) is 0 Å². The molecular weight excluding hydrogens is 491 g/mol. The number of halogens is 2. The third-order valence-corrected chi connectivity index (χ3v) is 7.86. The second kappa shape index (κ2) is 10.7. The van der Waals surface area contributed by atoms with Crippen LogP contribution in [0.15, 0.2) is 35.4 Å². The number of aryl methyl sites for hydroxylation is 2. The van der Waals surface area contributed by atoms with E-state index in [1.807, 2.05) is 42.9 Å². The van der Waals surface area contributed by atoms with E-state index in [1.54, 1.807) is 6.20 Å². The van der Waals surface area contributed by atoms with Gasteiger partial charge in [0.05, 0.1) is 11.4 Å². The van der Waals surface area contributed by atoms with Crippen molar-refractivity contribution in [2.24, 2.45) is 13.0 Å². The molecular formula is C24H30Cl2N6OS. The molecule has 0 amide bonds. The SMILES string of the molecule is Cc1nn(C)c(CC(C)C)c1N[S+]([O-])c1c(Cl)cc(-c2ccnc(N3CCNCC3)c2)cc1Cl. The zero-order valence-corrected chi connectivity index (χ0v) is 22.2. The molecule has 2 aromatic heterocycles. The maximum Gasteiger partial charge on any atom is 0.216 e. The summed E-state index contributed by atoms with van der Waals surface area (Å²) < 4.78 is 18.3. The Morgan fingerprint density at radius 1 is 1.15 bits per heavy atom. The number of anilines is 2. The van der Waals surface area contributed by atoms with Crippen molar-refractivity contribution in [1.82, 2.24) is 20.1 Å². The van der Waals surface area contributed by atoms with Gasteiger partial charge in [0.2, 0.25) is 4.90 Å². The van der Waals surface area contributed by atoms with Crippen LogP contribution in [0, 0.1) is 12.8 Å². The van der Waals surface area contributed by atoms with Gasteiger partial charge in [-0.1, -0.05) is 37.0 Å². The molecule has 1 saturated heterocycles. The van der Waals surface area contributed by atoms with Crippen LogP contribution >= 0.6 is 23.2 Å². The van der Waals surface area contributed by atoms with Crippen molar-refractivity contribution >= 4 is 46.1 Å². The van der Waals surface area contributed by atoms with E-state index in [-0.39, 0.29) is 0 Å². The molecule has 1 aliphatic heterocycles. The van der Waals surface area contributed by atoms with Gasteiger partial charge in [-0.25, -0.2) is 4.98 Å². The van der Waals surface area contributed by atoms with Crippen LogP contribution in [0.2, 0.25) is 10.0 Å². The Kier molecular flexibility index (Phi) is 7.94. The molecule has 0 spiro atoms. The molecule has 0 saturated carbocycles. The average molecular weight is 522 g/mol. The molecule has 0 bridgehead atoms. The van der Waals surface area contributed by atoms with Crippen molar-refractivity contribution in [2.75, 3.05) is 35.8 Å². The number of hydrogen-bond donors (Lipinski definition) is 2. The summed E-state index contributed by atoms with van der Waals surface area (Å²) in [6, 6.07) is 7.59. The lowest BCUT2D eigenvalue weighted by Crippen LogP contribution is -2.43. The highest BCUT2D eigenvalue weighted by Crippen LogP contribution is 2.37. The van der Waals surface area contributed by atoms with Crippen LogP contribution in [0.3, 0.4) is 0 Å². The van der Waals surface area contributed by atoms with Gasteiger partial charge in [0, 0.05) is 39.4 Å². The molecule has 0 aliphatic carbocycles. The fourth-order valence-electron chi connectivity index (χ4n) is 4.17. The highest BCUT2D eigenvalue weighted by Gasteiger charge is 2.26. The monoisotopic (exact) mass is 520 g/mol. The Hall–Kier alpha value is -1.97. The van der Waals surface area contributed by atoms with Crippen molar-refractivity contribution < 1.29 is 4.55 Å². The van der Waals surface area contributed by atoms with E-state index in [9.17, 15) is 4.55 Å². The van der Waals surface area contributed by atoms with Gasteiger partial charge in [-0.05, 0) is 54.7 Å². The Labute approximate surface area is 214 Å². The quantitative estimate of drug-likeness (QED) is 0.433. The summed E-state index contributed by atoms with van der Waals surface area (Å²) in [5, 5.41) is 8.54. The van der Waals surface area contributed by atoms with E-state index in [1.165, 1.54) is 0 Å². The van der Waals surface area contributed by atoms with E-state index >= 15 is 0 Å². The zero-order chi connectivity index (χ0) is 24.4. The molecule has 4 rings (SSSR count). The Morgan fingerprint density at radius 3 is 2.47 bits per heavy atom. The molecule has 1 aliphatic rings. The highest BCUT2D eigenvalue weighted by atomic mass is 35.5. The van der Waals surface area contributed by atoms with Crippen LogP contribution < -0.4 is 14.9 Å². The summed E-state index contributed by atoms with van der Waals surface area (Å²) in [5.74, 6) is 1.35. The number of benzene rings is 1. The van der Waals surface area contributed by atoms with Crippen molar-refractivity contribution in [2.45, 2.75) is 32.1 Å². The number of nitrogens with zero attached hydrogens (tertiary/aromatic N) is 4. The van der Waals surface area contributed by atoms with Crippen molar-refractivity contribution in [3.8, 4) is 11.1 Å². The Balaban J connectivity index is 1.60. The second-order valence-electron chi connectivity index (χ2n) is 8.91. The van der Waals surface area contributed by atoms with Crippen molar-refractivity contribution in [1.29, 1.82) is 0 Å². The summed E-state index contributed by atoms with van der Waals surface area (Å²) in [7, 11) is 1.90. The van der Waals surface area contributed by atoms with Crippen LogP contribution in [-0.4, -0.2) is 45.5 Å². The summed E-state index contributed by atoms with van der Waals surface area (Å²) in [6.07, 6.45) is 2.61. The van der Waals surface area contributed by atoms with Gasteiger partial charge in [0.1, 0.15) is 32.9 Å². The van der Waals surface area contributed by atoms with E-state index in [4.69, 9.17) is 23.2 Å². The molecule has 182 valence electrons. The van der Waals surface area contributed by atoms with Crippen LogP contribution in [0.5, 0.6) is 0 Å². The molecule has 1 atom stereocenters. The molecule has 10 heteroatoms. The predicted octanol–water partition coefficient (Wildman–Crippen LogP) is 4.84. The number of pyridine rings is 1. The lowest BCUT2D eigenvalue weighted by molar-refractivity contribution is 0.585. The fourth-order valence-corrected chi connectivity index (χ4v) is 6.10. The predicted molar refractivity (Wildman–Crippen MR) is 141 cm³/mol. The van der Waals surface area contributed by atoms with Gasteiger partial charge >= 0.3 is 0 Å². The third kappa shape index (κ3) is 5.47. The smallest absolute Gasteiger partial charge is 0.216 e. The minimum Gasteiger partial charge on any atom is -0.588 e. The van der Waals surface area contributed by atoms with Gasteiger partial charge in [-0.3, -0.25) is 4.68 Å². The fraction of sp³-hybridized carbons (Fsp3) is 0.417. The Bertz CT molecular complexity index is 1140. The maximum atomic E-state index is 13.3. The number of nitrogens with one attached hydrogen (secondary N) is 2. The van der Waals surface area contributed by atoms with E-state index in [0.29, 0.717) is 20.9 Å². The van der Waals surface area contributed by atoms with E-state index in [2.05, 4.69) is 38.9 Å². The number of rotatable bonds is 7. The topological polar surface area (TPSA) is 81.1 Å². The molecule has 1 fully saturated rings. The van der Waals surface area contributed by atoms with Gasteiger partial charge in [0.15, 0.2) is 0 Å². The van der Waals surface area contributed by atoms with Crippen LogP contribution in [0.25, 0.3) is 11.1 Å². The Morgan fingerprint density at radius 2 is 1.82 bits per heavy atom. The summed E-state index contributed by atoms with van der Waals surface area (Å²) in [4.78, 5) is 7.15. The minimum absolute atomic E-state index is 0.348. The molecule has 3 heterocycles. The van der Waals surface area contributed by atoms with Gasteiger partial charge < -0.3 is 14.8 Å². The van der Waals surface area contributed by atoms with Gasteiger partial charge in [-0.15, -0.1) is 0 Å². The zero-order valence-electron chi connectivity index (χ0n) is 19.9. The summed E-state index contributed by atoms with van der Waals surface area (Å²) in [5.41, 5.74) is 4.36. The molecule has 3 aromatic rings. The van der Waals surface area contributed by atoms with Crippen molar-refractivity contribution in [3.63, 3.8) is 0 Å². The highest BCUT2D eigenvalue weighted by molar-refractivity contribution is 7.93. The summed E-state index contributed by atoms with van der Waals surface area (Å²) in [6.45, 7) is 9.88. The van der Waals surface area contributed by atoms with Crippen LogP contribution in [-0.2, 0) is 24.8 Å². The molecule has 1 aromatic carbocycles. The minimum atomic E-state index is -1.65. The number of aromatic nitrogens is 3. The van der Waals surface area contributed by atoms with E-state index in [0.717, 1.165) is 66.6 Å². The summed E-state index contributed by atoms with van der Waals surface area (Å²) >= 11 is 11.6. The molecule has 7 nitrogen and oxygen atoms in total. The van der Waals surface area contributed by atoms with Crippen LogP contribution in [0.4, 0.5) is 11.5 Å². The molecule has 1 unspecified atom stereocenters. The number of piperazine rings is 1. The van der Waals surface area contributed by atoms with Gasteiger partial charge in [-0.2, -0.15) is 9.82 Å². The van der Waals surface area contributed by atoms with E-state index < -0.39 is 11.4 Å². The normalized spacial score (nSPS) is 15.1. The standard InChI is InChI=1S/C24H30Cl2N6OS/c1-15(2)11-21-23(16(3)29-31(21)4)30-34(33)24-19(25)12-18(13-20(24)26)17-5-6-28-22(14-17)32-9-7-27-8-10-32/h5-6,12-15,27,30H,7-11H2,1-4H3. The van der Waals surface area contributed by atoms with Crippen LogP contribution in [0.1, 0.15) is 25.2 Å². The lowest BCUT2D eigenvalue weighted by Gasteiger charge is -2.28. The first kappa shape index (κ1) is 25.1. The second-order valence-corrected chi connectivity index (χ2v) is 10.9. The average Bonchev–Trinajstić information content (AvgIpc) is 3.05. The first-order chi connectivity index (χ1) is 16.2. The first-order valence-electron chi connectivity index (χ1n) is 11.4.